The predicted octanol–water partition coefficient (Wildman–Crippen LogP) is 4.48. The Hall–Kier alpha value is -2.51. The van der Waals surface area contributed by atoms with Crippen LogP contribution in [0.25, 0.3) is 0 Å². The molecule has 0 radical (unpaired) electrons. The van der Waals surface area contributed by atoms with Gasteiger partial charge in [0, 0.05) is 36.2 Å². The van der Waals surface area contributed by atoms with Gasteiger partial charge in [-0.1, -0.05) is 23.8 Å². The molecule has 5 aliphatic carbocycles. The lowest BCUT2D eigenvalue weighted by atomic mass is 9.77. The van der Waals surface area contributed by atoms with Crippen LogP contribution in [0.4, 0.5) is 4.39 Å². The Labute approximate surface area is 220 Å². The molecular weight excluding hydrogens is 493 g/mol. The van der Waals surface area contributed by atoms with Gasteiger partial charge in [0.15, 0.2) is 0 Å². The number of carbonyl (C=O) groups is 2. The number of aliphatic imine (C=N–C) groups is 1. The molecule has 1 N–H and O–H groups in total. The number of carbonyl (C=O) groups excluding carboxylic acids is 2. The summed E-state index contributed by atoms with van der Waals surface area (Å²) >= 11 is 6.22. The second-order valence-electron chi connectivity index (χ2n) is 11.9. The van der Waals surface area contributed by atoms with Gasteiger partial charge in [-0.05, 0) is 92.6 Å². The van der Waals surface area contributed by atoms with E-state index in [9.17, 15) is 14.7 Å². The van der Waals surface area contributed by atoms with Crippen molar-refractivity contribution in [2.45, 2.75) is 68.9 Å². The van der Waals surface area contributed by atoms with E-state index in [-0.39, 0.29) is 23.6 Å². The third kappa shape index (κ3) is 3.97. The molecule has 0 aromatic rings. The molecule has 2 aliphatic heterocycles. The summed E-state index contributed by atoms with van der Waals surface area (Å²) in [7, 11) is 0. The molecule has 2 saturated carbocycles. The van der Waals surface area contributed by atoms with E-state index in [2.05, 4.69) is 18.2 Å². The monoisotopic (exact) mass is 523 g/mol. The summed E-state index contributed by atoms with van der Waals surface area (Å²) in [5.41, 5.74) is 2.15. The second kappa shape index (κ2) is 8.24. The summed E-state index contributed by atoms with van der Waals surface area (Å²) < 4.78 is 15.6. The molecule has 2 amide bonds. The van der Waals surface area contributed by atoms with Crippen molar-refractivity contribution < 1.29 is 19.1 Å². The zero-order valence-electron chi connectivity index (χ0n) is 20.8. The smallest absolute Gasteiger partial charge is 0.256 e. The van der Waals surface area contributed by atoms with Gasteiger partial charge in [-0.15, -0.1) is 0 Å². The van der Waals surface area contributed by atoms with Crippen molar-refractivity contribution >= 4 is 29.3 Å². The number of allylic oxidation sites excluding steroid dienone is 9. The van der Waals surface area contributed by atoms with Gasteiger partial charge in [-0.2, -0.15) is 0 Å². The molecule has 1 unspecified atom stereocenters. The van der Waals surface area contributed by atoms with Crippen molar-refractivity contribution in [3.63, 3.8) is 0 Å². The number of amides is 2. The van der Waals surface area contributed by atoms with Gasteiger partial charge in [-0.25, -0.2) is 4.39 Å². The van der Waals surface area contributed by atoms with Gasteiger partial charge in [0.1, 0.15) is 22.8 Å². The van der Waals surface area contributed by atoms with Gasteiger partial charge < -0.3 is 10.0 Å². The molecule has 3 fully saturated rings. The minimum atomic E-state index is -1.16. The van der Waals surface area contributed by atoms with Crippen LogP contribution in [0.2, 0.25) is 0 Å². The van der Waals surface area contributed by atoms with E-state index in [1.807, 2.05) is 0 Å². The minimum absolute atomic E-state index is 0.0279. The van der Waals surface area contributed by atoms with E-state index in [4.69, 9.17) is 16.6 Å². The van der Waals surface area contributed by atoms with Gasteiger partial charge in [0.25, 0.3) is 11.8 Å². The van der Waals surface area contributed by atoms with E-state index in [1.165, 1.54) is 11.1 Å². The van der Waals surface area contributed by atoms with Crippen LogP contribution >= 0.6 is 11.6 Å². The number of fused-ring (bicyclic) bond motifs is 1. The molecule has 194 valence electrons. The Morgan fingerprint density at radius 2 is 1.89 bits per heavy atom. The zero-order valence-corrected chi connectivity index (χ0v) is 21.6. The van der Waals surface area contributed by atoms with Crippen molar-refractivity contribution in [2.75, 3.05) is 19.6 Å². The number of amidine groups is 1. The number of hydrogen-bond acceptors (Lipinski definition) is 4. The summed E-state index contributed by atoms with van der Waals surface area (Å²) in [6.07, 6.45) is 14.5. The third-order valence-corrected chi connectivity index (χ3v) is 9.43. The lowest BCUT2D eigenvalue weighted by molar-refractivity contribution is -0.149. The summed E-state index contributed by atoms with van der Waals surface area (Å²) in [5.74, 6) is 0.522. The van der Waals surface area contributed by atoms with Crippen LogP contribution < -0.4 is 0 Å². The largest absolute Gasteiger partial charge is 0.380 e. The van der Waals surface area contributed by atoms with Crippen molar-refractivity contribution in [3.8, 4) is 0 Å². The lowest BCUT2D eigenvalue weighted by Crippen LogP contribution is -2.57. The molecule has 0 bridgehead atoms. The van der Waals surface area contributed by atoms with Crippen LogP contribution in [0.1, 0.15) is 57.8 Å². The predicted molar refractivity (Wildman–Crippen MR) is 138 cm³/mol. The fraction of sp³-hybridized carbons (Fsp3) is 0.552. The van der Waals surface area contributed by atoms with Crippen molar-refractivity contribution in [1.29, 1.82) is 0 Å². The molecule has 7 rings (SSSR count). The van der Waals surface area contributed by atoms with Crippen LogP contribution in [-0.4, -0.2) is 63.3 Å². The van der Waals surface area contributed by atoms with Gasteiger partial charge in [-0.3, -0.25) is 19.5 Å². The molecule has 1 spiro atoms. The first-order valence-corrected chi connectivity index (χ1v) is 13.9. The average Bonchev–Trinajstić information content (AvgIpc) is 3.78. The fourth-order valence-electron chi connectivity index (χ4n) is 6.42. The zero-order chi connectivity index (χ0) is 25.5. The molecule has 1 saturated heterocycles. The van der Waals surface area contributed by atoms with E-state index < -0.39 is 11.1 Å². The number of likely N-dealkylation sites (tertiary alicyclic amines) is 1. The summed E-state index contributed by atoms with van der Waals surface area (Å²) in [6, 6.07) is 0. The first kappa shape index (κ1) is 23.6. The maximum absolute atomic E-state index is 15.6. The number of hydrogen-bond donors (Lipinski definition) is 1. The SMILES string of the molecule is O=C(N1CC(CN2C(=O)C3(CC3)N=C2C2=C(F)C=C(C3=CC=C4C=C(Cl)CCC4C3)CC2)C1)C1(O)CC1. The van der Waals surface area contributed by atoms with Gasteiger partial charge in [0.05, 0.1) is 0 Å². The normalized spacial score (nSPS) is 29.8. The van der Waals surface area contributed by atoms with Gasteiger partial charge >= 0.3 is 0 Å². The minimum Gasteiger partial charge on any atom is -0.380 e. The number of rotatable bonds is 5. The summed E-state index contributed by atoms with van der Waals surface area (Å²) in [5, 5.41) is 11.0. The Morgan fingerprint density at radius 1 is 1.11 bits per heavy atom. The topological polar surface area (TPSA) is 73.2 Å². The average molecular weight is 524 g/mol. The van der Waals surface area contributed by atoms with Crippen LogP contribution in [0.15, 0.2) is 62.4 Å². The van der Waals surface area contributed by atoms with E-state index in [0.29, 0.717) is 69.1 Å². The van der Waals surface area contributed by atoms with E-state index in [1.54, 1.807) is 15.9 Å². The molecule has 1 atom stereocenters. The lowest BCUT2D eigenvalue weighted by Gasteiger charge is -2.42. The molecule has 2 heterocycles. The Kier molecular flexibility index (Phi) is 5.26. The Bertz CT molecular complexity index is 1290. The highest BCUT2D eigenvalue weighted by Gasteiger charge is 2.59. The quantitative estimate of drug-likeness (QED) is 0.577. The van der Waals surface area contributed by atoms with Crippen molar-refractivity contribution in [2.24, 2.45) is 16.8 Å². The molecule has 7 aliphatic rings. The standard InChI is InChI=1S/C29H31ClFN3O3/c30-22-5-3-19-11-18(1-2-20(19)12-22)21-4-6-23(24(31)13-21)25-32-28(7-8-28)26(35)34(25)16-17-14-33(15-17)27(36)29(37)9-10-29/h1-2,12-13,17,19,37H,3-11,14-16H2. The van der Waals surface area contributed by atoms with Crippen LogP contribution in [0.3, 0.4) is 0 Å². The fourth-order valence-corrected chi connectivity index (χ4v) is 6.66. The van der Waals surface area contributed by atoms with Crippen LogP contribution in [0, 0.1) is 11.8 Å². The van der Waals surface area contributed by atoms with E-state index >= 15 is 4.39 Å². The summed E-state index contributed by atoms with van der Waals surface area (Å²) in [4.78, 5) is 33.8. The molecule has 6 nitrogen and oxygen atoms in total. The molecule has 0 aromatic heterocycles. The Morgan fingerprint density at radius 3 is 2.59 bits per heavy atom. The highest BCUT2D eigenvalue weighted by atomic mass is 35.5. The van der Waals surface area contributed by atoms with Crippen LogP contribution in [-0.2, 0) is 9.59 Å². The third-order valence-electron chi connectivity index (χ3n) is 9.13. The highest BCUT2D eigenvalue weighted by molar-refractivity contribution is 6.29. The first-order valence-electron chi connectivity index (χ1n) is 13.6. The van der Waals surface area contributed by atoms with Crippen LogP contribution in [0.5, 0.6) is 0 Å². The maximum atomic E-state index is 15.6. The van der Waals surface area contributed by atoms with Crippen molar-refractivity contribution in [1.82, 2.24) is 9.80 Å². The van der Waals surface area contributed by atoms with E-state index in [0.717, 1.165) is 36.3 Å². The Balaban J connectivity index is 1.09. The molecular formula is C29H31ClFN3O3. The van der Waals surface area contributed by atoms with Gasteiger partial charge in [0.2, 0.25) is 0 Å². The molecule has 0 aromatic carbocycles. The number of nitrogens with zero attached hydrogens (tertiary/aromatic N) is 3. The number of halogens is 2. The highest BCUT2D eigenvalue weighted by Crippen LogP contribution is 2.48. The number of aliphatic hydroxyl groups is 1. The molecule has 37 heavy (non-hydrogen) atoms. The maximum Gasteiger partial charge on any atom is 0.256 e. The molecule has 8 heteroatoms. The van der Waals surface area contributed by atoms with Crippen molar-refractivity contribution in [3.05, 3.63) is 57.5 Å². The summed E-state index contributed by atoms with van der Waals surface area (Å²) in [6.45, 7) is 1.47. The second-order valence-corrected chi connectivity index (χ2v) is 12.4. The first-order chi connectivity index (χ1) is 17.7.